The number of halogens is 1. The molecule has 0 bridgehead atoms. The van der Waals surface area contributed by atoms with Crippen LogP contribution in [-0.2, 0) is 17.3 Å². The van der Waals surface area contributed by atoms with E-state index in [4.69, 9.17) is 0 Å². The number of fused-ring (bicyclic) bond motifs is 2. The first kappa shape index (κ1) is 29.5. The van der Waals surface area contributed by atoms with Crippen LogP contribution in [0.2, 0.25) is 0 Å². The molecule has 214 valence electrons. The zero-order valence-corrected chi connectivity index (χ0v) is 26.5. The average molecular weight is 622 g/mol. The lowest BCUT2D eigenvalue weighted by Crippen LogP contribution is -2.31. The Morgan fingerprint density at radius 3 is 2.45 bits per heavy atom. The van der Waals surface area contributed by atoms with Crippen LogP contribution in [0, 0.1) is 17.0 Å². The maximum Gasteiger partial charge on any atom is 0.283 e. The van der Waals surface area contributed by atoms with E-state index in [9.17, 15) is 10.1 Å². The first-order valence-electron chi connectivity index (χ1n) is 14.3. The molecule has 0 radical (unpaired) electrons. The van der Waals surface area contributed by atoms with E-state index in [1.807, 2.05) is 24.3 Å². The van der Waals surface area contributed by atoms with E-state index in [0.717, 1.165) is 35.4 Å². The highest BCUT2D eigenvalue weighted by Crippen LogP contribution is 2.53. The molecule has 1 heterocycles. The van der Waals surface area contributed by atoms with Crippen molar-refractivity contribution in [2.24, 2.45) is 0 Å². The summed E-state index contributed by atoms with van der Waals surface area (Å²) in [5.74, 6) is 0. The zero-order chi connectivity index (χ0) is 30.2. The van der Waals surface area contributed by atoms with Gasteiger partial charge in [-0.1, -0.05) is 106 Å². The van der Waals surface area contributed by atoms with Gasteiger partial charge >= 0.3 is 0 Å². The van der Waals surface area contributed by atoms with Gasteiger partial charge < -0.3 is 4.90 Å². The number of likely N-dealkylation sites (N-methyl/N-ethyl adjacent to an activating group) is 1. The van der Waals surface area contributed by atoms with Gasteiger partial charge in [-0.15, -0.1) is 0 Å². The third kappa shape index (κ3) is 5.00. The summed E-state index contributed by atoms with van der Waals surface area (Å²) in [6, 6.07) is 26.9. The van der Waals surface area contributed by atoms with Crippen LogP contribution in [0.4, 0.5) is 11.4 Å². The number of nitro benzene ring substituents is 1. The Kier molecular flexibility index (Phi) is 8.00. The van der Waals surface area contributed by atoms with Crippen LogP contribution in [0.25, 0.3) is 10.8 Å². The molecule has 0 saturated heterocycles. The van der Waals surface area contributed by atoms with Gasteiger partial charge in [0.1, 0.15) is 0 Å². The topological polar surface area (TPSA) is 46.4 Å². The Morgan fingerprint density at radius 1 is 1.07 bits per heavy atom. The van der Waals surface area contributed by atoms with Crippen LogP contribution < -0.4 is 4.90 Å². The molecule has 0 spiro atoms. The molecular formula is C37H37BrN2O2. The standard InChI is InChI=1S/C37H37BrN2O2/c1-7-37(24-27-15-9-8-10-16-27)30-22-33(40(41)42)31(38)23-32(30)39(6)34(37)19-13-14-26(3)36(4,5)35-25(2)20-21-28-17-11-12-18-29(28)35/h8-23H,3,7,24H2,1-2,4-6H3/b14-13+,34-19+. The maximum atomic E-state index is 11.9. The van der Waals surface area contributed by atoms with Gasteiger partial charge in [0.2, 0.25) is 0 Å². The lowest BCUT2D eigenvalue weighted by atomic mass is 9.72. The molecule has 0 N–H and O–H groups in total. The molecular weight excluding hydrogens is 584 g/mol. The largest absolute Gasteiger partial charge is 0.347 e. The van der Waals surface area contributed by atoms with Crippen LogP contribution in [0.15, 0.2) is 119 Å². The highest BCUT2D eigenvalue weighted by molar-refractivity contribution is 9.10. The summed E-state index contributed by atoms with van der Waals surface area (Å²) in [5.41, 5.74) is 7.19. The highest BCUT2D eigenvalue weighted by atomic mass is 79.9. The average Bonchev–Trinajstić information content (AvgIpc) is 3.19. The predicted octanol–water partition coefficient (Wildman–Crippen LogP) is 10.1. The minimum atomic E-state index is -0.426. The number of nitrogens with zero attached hydrogens (tertiary/aromatic N) is 2. The van der Waals surface area contributed by atoms with Crippen molar-refractivity contribution < 1.29 is 4.92 Å². The second kappa shape index (κ2) is 11.4. The van der Waals surface area contributed by atoms with Crippen molar-refractivity contribution in [2.75, 3.05) is 11.9 Å². The minimum Gasteiger partial charge on any atom is -0.347 e. The van der Waals surface area contributed by atoms with E-state index in [2.05, 4.69) is 129 Å². The summed E-state index contributed by atoms with van der Waals surface area (Å²) < 4.78 is 0.486. The Balaban J connectivity index is 1.59. The van der Waals surface area contributed by atoms with E-state index in [1.54, 1.807) is 6.07 Å². The van der Waals surface area contributed by atoms with E-state index in [-0.39, 0.29) is 16.0 Å². The predicted molar refractivity (Wildman–Crippen MR) is 179 cm³/mol. The summed E-state index contributed by atoms with van der Waals surface area (Å²) in [6.07, 6.45) is 7.91. The van der Waals surface area contributed by atoms with Crippen LogP contribution in [0.1, 0.15) is 49.4 Å². The van der Waals surface area contributed by atoms with E-state index < -0.39 is 5.41 Å². The first-order chi connectivity index (χ1) is 20.0. The minimum absolute atomic E-state index is 0.0883. The molecule has 1 atom stereocenters. The molecule has 0 amide bonds. The lowest BCUT2D eigenvalue weighted by molar-refractivity contribution is -0.385. The van der Waals surface area contributed by atoms with Gasteiger partial charge in [0, 0.05) is 35.3 Å². The fourth-order valence-electron chi connectivity index (χ4n) is 6.67. The fourth-order valence-corrected chi connectivity index (χ4v) is 7.15. The summed E-state index contributed by atoms with van der Waals surface area (Å²) >= 11 is 3.45. The van der Waals surface area contributed by atoms with Gasteiger partial charge in [0.05, 0.1) is 9.40 Å². The van der Waals surface area contributed by atoms with Crippen molar-refractivity contribution in [3.63, 3.8) is 0 Å². The van der Waals surface area contributed by atoms with Crippen LogP contribution in [0.5, 0.6) is 0 Å². The van der Waals surface area contributed by atoms with E-state index >= 15 is 0 Å². The monoisotopic (exact) mass is 620 g/mol. The summed E-state index contributed by atoms with van der Waals surface area (Å²) in [5, 5.41) is 14.4. The molecule has 1 unspecified atom stereocenters. The van der Waals surface area contributed by atoms with Gasteiger partial charge in [-0.05, 0) is 86.4 Å². The van der Waals surface area contributed by atoms with Crippen LogP contribution in [-0.4, -0.2) is 12.0 Å². The van der Waals surface area contributed by atoms with Gasteiger partial charge in [-0.25, -0.2) is 0 Å². The molecule has 0 fully saturated rings. The van der Waals surface area contributed by atoms with Crippen LogP contribution in [0.3, 0.4) is 0 Å². The smallest absolute Gasteiger partial charge is 0.283 e. The second-order valence-electron chi connectivity index (χ2n) is 11.8. The lowest BCUT2D eigenvalue weighted by Gasteiger charge is -2.32. The SMILES string of the molecule is C=C(/C=C/C=C1/N(C)c2cc(Br)c([N+](=O)[O-])cc2C1(CC)Cc1ccccc1)C(C)(C)c1c(C)ccc2ccccc12. The van der Waals surface area contributed by atoms with Gasteiger partial charge in [-0.2, -0.15) is 0 Å². The van der Waals surface area contributed by atoms with Crippen molar-refractivity contribution in [1.29, 1.82) is 0 Å². The molecule has 5 heteroatoms. The van der Waals surface area contributed by atoms with Crippen molar-refractivity contribution >= 4 is 38.1 Å². The van der Waals surface area contributed by atoms with Crippen molar-refractivity contribution in [3.8, 4) is 0 Å². The van der Waals surface area contributed by atoms with Crippen molar-refractivity contribution in [3.05, 3.63) is 152 Å². The molecule has 42 heavy (non-hydrogen) atoms. The normalized spacial score (nSPS) is 17.8. The summed E-state index contributed by atoms with van der Waals surface area (Å²) in [7, 11) is 2.05. The third-order valence-corrected chi connectivity index (χ3v) is 9.69. The molecule has 0 aliphatic carbocycles. The molecule has 4 aromatic rings. The molecule has 1 aliphatic rings. The van der Waals surface area contributed by atoms with Crippen molar-refractivity contribution in [1.82, 2.24) is 0 Å². The number of benzene rings is 4. The van der Waals surface area contributed by atoms with E-state index in [0.29, 0.717) is 4.47 Å². The van der Waals surface area contributed by atoms with Gasteiger partial charge in [0.25, 0.3) is 5.69 Å². The van der Waals surface area contributed by atoms with Gasteiger partial charge in [-0.3, -0.25) is 10.1 Å². The number of anilines is 1. The molecule has 4 nitrogen and oxygen atoms in total. The zero-order valence-electron chi connectivity index (χ0n) is 24.9. The number of rotatable bonds is 8. The van der Waals surface area contributed by atoms with E-state index in [1.165, 1.54) is 27.5 Å². The number of nitro groups is 1. The van der Waals surface area contributed by atoms with Crippen LogP contribution >= 0.6 is 15.9 Å². The second-order valence-corrected chi connectivity index (χ2v) is 12.6. The highest BCUT2D eigenvalue weighted by Gasteiger charge is 2.46. The number of aryl methyl sites for hydroxylation is 1. The molecule has 0 saturated carbocycles. The quantitative estimate of drug-likeness (QED) is 0.112. The van der Waals surface area contributed by atoms with Gasteiger partial charge in [0.15, 0.2) is 0 Å². The summed E-state index contributed by atoms with van der Waals surface area (Å²) in [4.78, 5) is 13.8. The maximum absolute atomic E-state index is 11.9. The number of allylic oxidation sites excluding steroid dienone is 5. The molecule has 5 rings (SSSR count). The van der Waals surface area contributed by atoms with Crippen molar-refractivity contribution in [2.45, 2.75) is 51.4 Å². The Hall–Kier alpha value is -3.96. The molecule has 1 aliphatic heterocycles. The summed E-state index contributed by atoms with van der Waals surface area (Å²) in [6.45, 7) is 13.3. The Bertz CT molecular complexity index is 1750. The first-order valence-corrected chi connectivity index (χ1v) is 15.1. The third-order valence-electron chi connectivity index (χ3n) is 9.06. The molecule has 0 aromatic heterocycles. The number of hydrogen-bond acceptors (Lipinski definition) is 3. The number of hydrogen-bond donors (Lipinski definition) is 0. The molecule has 4 aromatic carbocycles. The Morgan fingerprint density at radius 2 is 1.76 bits per heavy atom. The fraction of sp³-hybridized carbons (Fsp3) is 0.243. The Labute approximate surface area is 257 Å².